The molecule has 0 radical (unpaired) electrons. The summed E-state index contributed by atoms with van der Waals surface area (Å²) in [6.07, 6.45) is -2.09. The summed E-state index contributed by atoms with van der Waals surface area (Å²) in [6.45, 7) is 0. The normalized spacial score (nSPS) is 15.0. The Morgan fingerprint density at radius 2 is 2.00 bits per heavy atom. The molecule has 1 aromatic carbocycles. The van der Waals surface area contributed by atoms with E-state index in [0.29, 0.717) is 17.1 Å². The van der Waals surface area contributed by atoms with Gasteiger partial charge < -0.3 is 25.1 Å². The van der Waals surface area contributed by atoms with Gasteiger partial charge in [0, 0.05) is 25.0 Å². The number of fused-ring (bicyclic) bond motifs is 1. The van der Waals surface area contributed by atoms with E-state index < -0.39 is 12.2 Å². The number of anilines is 2. The van der Waals surface area contributed by atoms with Gasteiger partial charge in [-0.25, -0.2) is 0 Å². The number of benzene rings is 1. The van der Waals surface area contributed by atoms with Crippen molar-refractivity contribution in [1.82, 2.24) is 4.57 Å². The number of carbonyl (C=O) groups is 1. The molecular formula is C13H11F2N3O3. The molecule has 3 rings (SSSR count). The van der Waals surface area contributed by atoms with E-state index in [1.807, 2.05) is 0 Å². The van der Waals surface area contributed by atoms with Crippen LogP contribution in [0.1, 0.15) is 10.5 Å². The van der Waals surface area contributed by atoms with E-state index in [4.69, 9.17) is 5.73 Å². The zero-order valence-corrected chi connectivity index (χ0v) is 10.9. The Kier molecular flexibility index (Phi) is 2.75. The van der Waals surface area contributed by atoms with Crippen LogP contribution in [0.3, 0.4) is 0 Å². The molecule has 1 amide bonds. The van der Waals surface area contributed by atoms with Gasteiger partial charge in [0.25, 0.3) is 5.91 Å². The van der Waals surface area contributed by atoms with Crippen molar-refractivity contribution in [1.29, 1.82) is 0 Å². The fourth-order valence-corrected chi connectivity index (χ4v) is 2.04. The standard InChI is InChI=1S/C13H11F2N3O3/c1-18-6-7(16)4-9(18)12(19)17-8-2-3-10-11(5-8)21-13(14,15)20-10/h2-6H,16H2,1H3,(H,17,19). The largest absolute Gasteiger partial charge is 0.586 e. The third-order valence-electron chi connectivity index (χ3n) is 2.92. The minimum atomic E-state index is -3.68. The first-order chi connectivity index (χ1) is 9.84. The van der Waals surface area contributed by atoms with Crippen molar-refractivity contribution in [3.05, 3.63) is 36.2 Å². The number of nitrogens with one attached hydrogen (secondary N) is 1. The highest BCUT2D eigenvalue weighted by molar-refractivity contribution is 6.04. The molecule has 0 unspecified atom stereocenters. The number of ether oxygens (including phenoxy) is 2. The van der Waals surface area contributed by atoms with E-state index in [9.17, 15) is 13.6 Å². The number of amides is 1. The van der Waals surface area contributed by atoms with E-state index in [-0.39, 0.29) is 11.5 Å². The van der Waals surface area contributed by atoms with Crippen LogP contribution >= 0.6 is 0 Å². The first kappa shape index (κ1) is 13.2. The van der Waals surface area contributed by atoms with Crippen molar-refractivity contribution < 1.29 is 23.0 Å². The molecule has 6 nitrogen and oxygen atoms in total. The van der Waals surface area contributed by atoms with Crippen LogP contribution in [-0.2, 0) is 7.05 Å². The van der Waals surface area contributed by atoms with Crippen molar-refractivity contribution >= 4 is 17.3 Å². The van der Waals surface area contributed by atoms with E-state index in [1.54, 1.807) is 17.8 Å². The van der Waals surface area contributed by atoms with Gasteiger partial charge in [0.05, 0.1) is 5.69 Å². The number of aryl methyl sites for hydroxylation is 1. The molecule has 21 heavy (non-hydrogen) atoms. The number of nitrogens with two attached hydrogens (primary N) is 1. The van der Waals surface area contributed by atoms with Crippen LogP contribution in [0.15, 0.2) is 30.5 Å². The van der Waals surface area contributed by atoms with Gasteiger partial charge in [-0.3, -0.25) is 4.79 Å². The van der Waals surface area contributed by atoms with Gasteiger partial charge in [-0.1, -0.05) is 0 Å². The van der Waals surface area contributed by atoms with Crippen molar-refractivity contribution in [3.8, 4) is 11.5 Å². The quantitative estimate of drug-likeness (QED) is 0.890. The highest BCUT2D eigenvalue weighted by Crippen LogP contribution is 2.42. The molecule has 1 aliphatic rings. The lowest BCUT2D eigenvalue weighted by Gasteiger charge is -2.06. The Hall–Kier alpha value is -2.77. The number of carbonyl (C=O) groups excluding carboxylic acids is 1. The average molecular weight is 295 g/mol. The lowest BCUT2D eigenvalue weighted by molar-refractivity contribution is -0.286. The number of halogens is 2. The van der Waals surface area contributed by atoms with Crippen LogP contribution in [0.2, 0.25) is 0 Å². The Morgan fingerprint density at radius 1 is 1.29 bits per heavy atom. The average Bonchev–Trinajstić information content (AvgIpc) is 2.86. The summed E-state index contributed by atoms with van der Waals surface area (Å²) in [5.41, 5.74) is 6.69. The number of hydrogen-bond donors (Lipinski definition) is 2. The molecule has 0 aliphatic carbocycles. The Balaban J connectivity index is 1.81. The van der Waals surface area contributed by atoms with Crippen molar-refractivity contribution in [2.24, 2.45) is 7.05 Å². The number of nitrogen functional groups attached to an aromatic ring is 1. The second-order valence-electron chi connectivity index (χ2n) is 4.55. The third kappa shape index (κ3) is 2.47. The summed E-state index contributed by atoms with van der Waals surface area (Å²) in [7, 11) is 1.67. The molecule has 2 aromatic rings. The first-order valence-corrected chi connectivity index (χ1v) is 5.97. The molecule has 2 heterocycles. The van der Waals surface area contributed by atoms with E-state index >= 15 is 0 Å². The summed E-state index contributed by atoms with van der Waals surface area (Å²) >= 11 is 0. The first-order valence-electron chi connectivity index (χ1n) is 5.97. The van der Waals surface area contributed by atoms with Gasteiger partial charge in [-0.05, 0) is 18.2 Å². The molecule has 0 spiro atoms. The lowest BCUT2D eigenvalue weighted by Crippen LogP contribution is -2.25. The molecule has 0 fully saturated rings. The number of nitrogens with zero attached hydrogens (tertiary/aromatic N) is 1. The molecule has 3 N–H and O–H groups in total. The van der Waals surface area contributed by atoms with Gasteiger partial charge in [-0.15, -0.1) is 8.78 Å². The van der Waals surface area contributed by atoms with E-state index in [1.165, 1.54) is 24.3 Å². The maximum atomic E-state index is 12.9. The molecule has 8 heteroatoms. The predicted octanol–water partition coefficient (Wildman–Crippen LogP) is 2.18. The monoisotopic (exact) mass is 295 g/mol. The summed E-state index contributed by atoms with van der Waals surface area (Å²) in [4.78, 5) is 12.1. The Morgan fingerprint density at radius 3 is 2.67 bits per heavy atom. The predicted molar refractivity (Wildman–Crippen MR) is 70.4 cm³/mol. The van der Waals surface area contributed by atoms with Crippen LogP contribution in [0.25, 0.3) is 0 Å². The molecule has 0 atom stereocenters. The highest BCUT2D eigenvalue weighted by Gasteiger charge is 2.43. The van der Waals surface area contributed by atoms with Crippen LogP contribution in [0.5, 0.6) is 11.5 Å². The second-order valence-corrected chi connectivity index (χ2v) is 4.55. The molecule has 110 valence electrons. The van der Waals surface area contributed by atoms with Crippen LogP contribution in [0, 0.1) is 0 Å². The van der Waals surface area contributed by atoms with Gasteiger partial charge in [0.2, 0.25) is 0 Å². The van der Waals surface area contributed by atoms with Crippen molar-refractivity contribution in [3.63, 3.8) is 0 Å². The highest BCUT2D eigenvalue weighted by atomic mass is 19.3. The van der Waals surface area contributed by atoms with Crippen molar-refractivity contribution in [2.45, 2.75) is 6.29 Å². The summed E-state index contributed by atoms with van der Waals surface area (Å²) in [5.74, 6) is -0.634. The molecule has 0 bridgehead atoms. The third-order valence-corrected chi connectivity index (χ3v) is 2.92. The molecular weight excluding hydrogens is 284 g/mol. The number of aromatic nitrogens is 1. The smallest absolute Gasteiger partial charge is 0.397 e. The number of alkyl halides is 2. The summed E-state index contributed by atoms with van der Waals surface area (Å²) in [5, 5.41) is 2.57. The maximum Gasteiger partial charge on any atom is 0.586 e. The zero-order chi connectivity index (χ0) is 15.2. The Bertz CT molecular complexity index is 727. The van der Waals surface area contributed by atoms with E-state index in [0.717, 1.165) is 0 Å². The zero-order valence-electron chi connectivity index (χ0n) is 10.9. The lowest BCUT2D eigenvalue weighted by atomic mass is 10.2. The topological polar surface area (TPSA) is 78.5 Å². The van der Waals surface area contributed by atoms with Gasteiger partial charge >= 0.3 is 6.29 Å². The minimum Gasteiger partial charge on any atom is -0.397 e. The van der Waals surface area contributed by atoms with Gasteiger partial charge in [0.1, 0.15) is 5.69 Å². The van der Waals surface area contributed by atoms with E-state index in [2.05, 4.69) is 14.8 Å². The molecule has 1 aromatic heterocycles. The number of rotatable bonds is 2. The van der Waals surface area contributed by atoms with Gasteiger partial charge in [-0.2, -0.15) is 0 Å². The fourth-order valence-electron chi connectivity index (χ4n) is 2.04. The fraction of sp³-hybridized carbons (Fsp3) is 0.154. The van der Waals surface area contributed by atoms with Gasteiger partial charge in [0.15, 0.2) is 11.5 Å². The van der Waals surface area contributed by atoms with Crippen LogP contribution in [0.4, 0.5) is 20.2 Å². The maximum absolute atomic E-state index is 12.9. The molecule has 1 aliphatic heterocycles. The van der Waals surface area contributed by atoms with Crippen LogP contribution in [-0.4, -0.2) is 16.8 Å². The number of hydrogen-bond acceptors (Lipinski definition) is 4. The van der Waals surface area contributed by atoms with Crippen LogP contribution < -0.4 is 20.5 Å². The minimum absolute atomic E-state index is 0.0823. The molecule has 0 saturated heterocycles. The summed E-state index contributed by atoms with van der Waals surface area (Å²) < 4.78 is 36.0. The van der Waals surface area contributed by atoms with Crippen molar-refractivity contribution in [2.75, 3.05) is 11.1 Å². The Labute approximate surface area is 118 Å². The molecule has 0 saturated carbocycles. The SMILES string of the molecule is Cn1cc(N)cc1C(=O)Nc1ccc2c(c1)OC(F)(F)O2. The second kappa shape index (κ2) is 4.37. The summed E-state index contributed by atoms with van der Waals surface area (Å²) in [6, 6.07) is 5.51.